The normalized spacial score (nSPS) is 10.5. The highest BCUT2D eigenvalue weighted by Gasteiger charge is 2.07. The molecule has 0 atom stereocenters. The van der Waals surface area contributed by atoms with Crippen LogP contribution in [0.4, 0.5) is 11.5 Å². The van der Waals surface area contributed by atoms with Crippen LogP contribution in [0, 0.1) is 0 Å². The predicted octanol–water partition coefficient (Wildman–Crippen LogP) is 3.03. The minimum absolute atomic E-state index is 0.400. The van der Waals surface area contributed by atoms with Crippen molar-refractivity contribution < 1.29 is 0 Å². The van der Waals surface area contributed by atoms with Gasteiger partial charge in [0.1, 0.15) is 12.0 Å². The monoisotopic (exact) mass is 328 g/mol. The predicted molar refractivity (Wildman–Crippen MR) is 91.7 cm³/mol. The third-order valence-electron chi connectivity index (χ3n) is 3.41. The summed E-state index contributed by atoms with van der Waals surface area (Å²) in [4.78, 5) is 8.19. The molecule has 3 aromatic rings. The van der Waals surface area contributed by atoms with Crippen molar-refractivity contribution in [2.75, 3.05) is 17.7 Å². The second-order valence-corrected chi connectivity index (χ2v) is 5.37. The van der Waals surface area contributed by atoms with Crippen molar-refractivity contribution in [2.24, 2.45) is 0 Å². The summed E-state index contributed by atoms with van der Waals surface area (Å²) in [5.41, 5.74) is 3.05. The zero-order valence-corrected chi connectivity index (χ0v) is 13.5. The molecule has 0 unspecified atom stereocenters. The lowest BCUT2D eigenvalue weighted by molar-refractivity contribution is 0.686. The fraction of sp³-hybridized carbons (Fsp3) is 0.188. The first-order chi connectivity index (χ1) is 11.3. The first-order valence-electron chi connectivity index (χ1n) is 7.23. The zero-order valence-electron chi connectivity index (χ0n) is 12.7. The number of hydrogen-bond donors (Lipinski definition) is 2. The van der Waals surface area contributed by atoms with E-state index >= 15 is 0 Å². The van der Waals surface area contributed by atoms with Gasteiger partial charge in [0.15, 0.2) is 11.0 Å². The molecule has 1 aromatic carbocycles. The third-order valence-corrected chi connectivity index (χ3v) is 3.69. The molecule has 0 radical (unpaired) electrons. The lowest BCUT2D eigenvalue weighted by atomic mass is 10.1. The highest BCUT2D eigenvalue weighted by molar-refractivity contribution is 6.32. The Bertz CT molecular complexity index is 772. The molecule has 23 heavy (non-hydrogen) atoms. The number of aromatic nitrogens is 4. The highest BCUT2D eigenvalue weighted by Crippen LogP contribution is 2.25. The average molecular weight is 329 g/mol. The molecule has 0 spiro atoms. The van der Waals surface area contributed by atoms with Crippen LogP contribution in [0.5, 0.6) is 0 Å². The van der Waals surface area contributed by atoms with E-state index in [1.54, 1.807) is 13.2 Å². The lowest BCUT2D eigenvalue weighted by Gasteiger charge is -2.12. The van der Waals surface area contributed by atoms with Gasteiger partial charge in [-0.3, -0.25) is 4.68 Å². The highest BCUT2D eigenvalue weighted by atomic mass is 35.5. The van der Waals surface area contributed by atoms with E-state index in [0.29, 0.717) is 23.2 Å². The Morgan fingerprint density at radius 1 is 1.17 bits per heavy atom. The second kappa shape index (κ2) is 7.11. The van der Waals surface area contributed by atoms with Crippen LogP contribution in [0.2, 0.25) is 5.15 Å². The first kappa shape index (κ1) is 15.3. The van der Waals surface area contributed by atoms with Crippen LogP contribution in [-0.2, 0) is 13.1 Å². The van der Waals surface area contributed by atoms with Gasteiger partial charge in [-0.15, -0.1) is 0 Å². The standard InChI is InChI=1S/C16H17ClN6/c1-18-14-15(17)20-11-21-16(14)19-9-12-4-2-5-13(8-12)10-23-7-3-6-22-23/h2-8,11,18H,9-10H2,1H3,(H,19,20,21). The topological polar surface area (TPSA) is 67.7 Å². The Morgan fingerprint density at radius 3 is 2.83 bits per heavy atom. The first-order valence-corrected chi connectivity index (χ1v) is 7.61. The van der Waals surface area contributed by atoms with Crippen molar-refractivity contribution in [2.45, 2.75) is 13.1 Å². The van der Waals surface area contributed by atoms with Gasteiger partial charge in [0, 0.05) is 26.0 Å². The van der Waals surface area contributed by atoms with Gasteiger partial charge < -0.3 is 10.6 Å². The van der Waals surface area contributed by atoms with Gasteiger partial charge in [0.2, 0.25) is 0 Å². The van der Waals surface area contributed by atoms with Gasteiger partial charge in [-0.05, 0) is 17.2 Å². The van der Waals surface area contributed by atoms with Gasteiger partial charge in [-0.2, -0.15) is 5.10 Å². The fourth-order valence-electron chi connectivity index (χ4n) is 2.32. The molecule has 2 N–H and O–H groups in total. The third kappa shape index (κ3) is 3.78. The van der Waals surface area contributed by atoms with Crippen LogP contribution < -0.4 is 10.6 Å². The van der Waals surface area contributed by atoms with Crippen molar-refractivity contribution in [1.82, 2.24) is 19.7 Å². The molecule has 0 aliphatic carbocycles. The van der Waals surface area contributed by atoms with E-state index in [-0.39, 0.29) is 0 Å². The number of benzene rings is 1. The minimum atomic E-state index is 0.400. The van der Waals surface area contributed by atoms with Crippen molar-refractivity contribution in [3.05, 3.63) is 65.3 Å². The van der Waals surface area contributed by atoms with Crippen molar-refractivity contribution in [1.29, 1.82) is 0 Å². The Kier molecular flexibility index (Phi) is 4.73. The Hall–Kier alpha value is -2.60. The van der Waals surface area contributed by atoms with E-state index in [4.69, 9.17) is 11.6 Å². The number of nitrogens with one attached hydrogen (secondary N) is 2. The Labute approximate surface area is 139 Å². The molecule has 118 valence electrons. The molecular weight excluding hydrogens is 312 g/mol. The maximum Gasteiger partial charge on any atom is 0.157 e. The maximum atomic E-state index is 6.05. The SMILES string of the molecule is CNc1c(Cl)ncnc1NCc1cccc(Cn2cccn2)c1. The van der Waals surface area contributed by atoms with E-state index < -0.39 is 0 Å². The molecule has 2 aromatic heterocycles. The molecule has 2 heterocycles. The van der Waals surface area contributed by atoms with Gasteiger partial charge in [-0.25, -0.2) is 9.97 Å². The molecule has 3 rings (SSSR count). The summed E-state index contributed by atoms with van der Waals surface area (Å²) in [5.74, 6) is 0.685. The summed E-state index contributed by atoms with van der Waals surface area (Å²) < 4.78 is 1.90. The molecular formula is C16H17ClN6. The van der Waals surface area contributed by atoms with Gasteiger partial charge in [-0.1, -0.05) is 35.9 Å². The largest absolute Gasteiger partial charge is 0.383 e. The summed E-state index contributed by atoms with van der Waals surface area (Å²) in [5, 5.41) is 10.9. The number of anilines is 2. The van der Waals surface area contributed by atoms with Crippen molar-refractivity contribution in [3.63, 3.8) is 0 Å². The number of nitrogens with zero attached hydrogens (tertiary/aromatic N) is 4. The van der Waals surface area contributed by atoms with Crippen molar-refractivity contribution >= 4 is 23.1 Å². The van der Waals surface area contributed by atoms with Crippen LogP contribution in [0.15, 0.2) is 49.1 Å². The van der Waals surface area contributed by atoms with Gasteiger partial charge in [0.25, 0.3) is 0 Å². The van der Waals surface area contributed by atoms with Crippen LogP contribution in [0.25, 0.3) is 0 Å². The van der Waals surface area contributed by atoms with Crippen LogP contribution >= 0.6 is 11.6 Å². The summed E-state index contributed by atoms with van der Waals surface area (Å²) in [6.45, 7) is 1.40. The zero-order chi connectivity index (χ0) is 16.1. The van der Waals surface area contributed by atoms with E-state index in [0.717, 1.165) is 12.1 Å². The molecule has 0 aliphatic heterocycles. The Balaban J connectivity index is 1.70. The number of hydrogen-bond acceptors (Lipinski definition) is 5. The van der Waals surface area contributed by atoms with Gasteiger partial charge >= 0.3 is 0 Å². The van der Waals surface area contributed by atoms with Crippen LogP contribution in [-0.4, -0.2) is 26.8 Å². The minimum Gasteiger partial charge on any atom is -0.383 e. The summed E-state index contributed by atoms with van der Waals surface area (Å²) >= 11 is 6.05. The lowest BCUT2D eigenvalue weighted by Crippen LogP contribution is -2.07. The second-order valence-electron chi connectivity index (χ2n) is 5.02. The van der Waals surface area contributed by atoms with Crippen LogP contribution in [0.1, 0.15) is 11.1 Å². The average Bonchev–Trinajstić information content (AvgIpc) is 3.06. The van der Waals surface area contributed by atoms with Gasteiger partial charge in [0.05, 0.1) is 6.54 Å². The van der Waals surface area contributed by atoms with E-state index in [1.807, 2.05) is 23.0 Å². The molecule has 0 saturated heterocycles. The number of halogens is 1. The van der Waals surface area contributed by atoms with E-state index in [9.17, 15) is 0 Å². The molecule has 0 amide bonds. The maximum absolute atomic E-state index is 6.05. The Morgan fingerprint density at radius 2 is 2.04 bits per heavy atom. The smallest absolute Gasteiger partial charge is 0.157 e. The summed E-state index contributed by atoms with van der Waals surface area (Å²) in [6.07, 6.45) is 5.18. The molecule has 0 bridgehead atoms. The quantitative estimate of drug-likeness (QED) is 0.681. The summed E-state index contributed by atoms with van der Waals surface area (Å²) in [6, 6.07) is 10.3. The molecule has 0 saturated carbocycles. The van der Waals surface area contributed by atoms with Crippen LogP contribution in [0.3, 0.4) is 0 Å². The van der Waals surface area contributed by atoms with E-state index in [2.05, 4.69) is 43.9 Å². The molecule has 0 fully saturated rings. The number of rotatable bonds is 6. The fourth-order valence-corrected chi connectivity index (χ4v) is 2.55. The molecule has 7 heteroatoms. The van der Waals surface area contributed by atoms with E-state index in [1.165, 1.54) is 11.9 Å². The molecule has 6 nitrogen and oxygen atoms in total. The molecule has 0 aliphatic rings. The summed E-state index contributed by atoms with van der Waals surface area (Å²) in [7, 11) is 1.79. The van der Waals surface area contributed by atoms with Crippen molar-refractivity contribution in [3.8, 4) is 0 Å².